The molecule has 0 aromatic rings. The first-order chi connectivity index (χ1) is 10.5. The van der Waals surface area contributed by atoms with Gasteiger partial charge in [-0.15, -0.1) is 0 Å². The Hall–Kier alpha value is -2.12. The first-order valence-corrected chi connectivity index (χ1v) is 7.63. The third-order valence-electron chi connectivity index (χ3n) is 3.19. The Labute approximate surface area is 135 Å². The van der Waals surface area contributed by atoms with Crippen molar-refractivity contribution in [3.8, 4) is 0 Å². The average molecular weight is 327 g/mol. The number of carbonyl (C=O) groups is 4. The third-order valence-corrected chi connectivity index (χ3v) is 3.19. The molecule has 4 amide bonds. The van der Waals surface area contributed by atoms with Gasteiger partial charge in [-0.25, -0.2) is 9.59 Å². The van der Waals surface area contributed by atoms with Crippen molar-refractivity contribution in [2.75, 3.05) is 0 Å². The number of hydrogen-bond donors (Lipinski definition) is 3. The Bertz CT molecular complexity index is 494. The van der Waals surface area contributed by atoms with Crippen LogP contribution < -0.4 is 16.0 Å². The molecule has 0 aliphatic heterocycles. The molecule has 2 atom stereocenters. The molecule has 1 rings (SSSR count). The van der Waals surface area contributed by atoms with Gasteiger partial charge in [0.15, 0.2) is 6.10 Å². The summed E-state index contributed by atoms with van der Waals surface area (Å²) in [6.45, 7) is 7.98. The Morgan fingerprint density at radius 2 is 1.65 bits per heavy atom. The zero-order valence-electron chi connectivity index (χ0n) is 14.2. The van der Waals surface area contributed by atoms with E-state index in [9.17, 15) is 19.2 Å². The fraction of sp³-hybridized carbons (Fsp3) is 0.733. The minimum absolute atomic E-state index is 0.119. The van der Waals surface area contributed by atoms with E-state index in [2.05, 4.69) is 16.0 Å². The summed E-state index contributed by atoms with van der Waals surface area (Å²) in [4.78, 5) is 46.9. The van der Waals surface area contributed by atoms with Crippen molar-refractivity contribution in [2.24, 2.45) is 5.41 Å². The molecular formula is C15H25N3O5. The van der Waals surface area contributed by atoms with Gasteiger partial charge in [-0.3, -0.25) is 14.9 Å². The van der Waals surface area contributed by atoms with E-state index in [-0.39, 0.29) is 11.9 Å². The number of nitrogens with one attached hydrogen (secondary N) is 3. The summed E-state index contributed by atoms with van der Waals surface area (Å²) in [5, 5.41) is 7.21. The molecule has 0 aromatic heterocycles. The Kier molecular flexibility index (Phi) is 6.12. The van der Waals surface area contributed by atoms with Crippen molar-refractivity contribution in [1.29, 1.82) is 0 Å². The highest BCUT2D eigenvalue weighted by Crippen LogP contribution is 2.18. The van der Waals surface area contributed by atoms with Crippen LogP contribution in [0.1, 0.15) is 47.5 Å². The summed E-state index contributed by atoms with van der Waals surface area (Å²) in [5.41, 5.74) is -0.640. The Morgan fingerprint density at radius 1 is 1.09 bits per heavy atom. The van der Waals surface area contributed by atoms with Crippen molar-refractivity contribution >= 4 is 23.8 Å². The highest BCUT2D eigenvalue weighted by molar-refractivity contribution is 5.97. The van der Waals surface area contributed by atoms with Gasteiger partial charge in [-0.1, -0.05) is 20.8 Å². The number of carbonyl (C=O) groups excluding carboxylic acids is 4. The van der Waals surface area contributed by atoms with Crippen LogP contribution in [0.3, 0.4) is 0 Å². The van der Waals surface area contributed by atoms with Crippen LogP contribution in [0.5, 0.6) is 0 Å². The molecule has 23 heavy (non-hydrogen) atoms. The molecule has 0 spiro atoms. The van der Waals surface area contributed by atoms with E-state index in [1.807, 2.05) is 0 Å². The van der Waals surface area contributed by atoms with E-state index in [0.29, 0.717) is 0 Å². The van der Waals surface area contributed by atoms with E-state index < -0.39 is 35.5 Å². The van der Waals surface area contributed by atoms with Crippen LogP contribution in [0.15, 0.2) is 0 Å². The third kappa shape index (κ3) is 6.66. The highest BCUT2D eigenvalue weighted by atomic mass is 16.5. The Balaban J connectivity index is 2.40. The summed E-state index contributed by atoms with van der Waals surface area (Å²) in [6.07, 6.45) is 0.662. The van der Waals surface area contributed by atoms with Gasteiger partial charge in [0.1, 0.15) is 6.04 Å². The lowest BCUT2D eigenvalue weighted by molar-refractivity contribution is -0.157. The molecule has 1 aliphatic carbocycles. The smallest absolute Gasteiger partial charge is 0.329 e. The molecule has 0 radical (unpaired) electrons. The number of ether oxygens (including phenoxy) is 1. The number of imide groups is 1. The first kappa shape index (κ1) is 18.9. The van der Waals surface area contributed by atoms with Crippen LogP contribution in [0.2, 0.25) is 0 Å². The highest BCUT2D eigenvalue weighted by Gasteiger charge is 2.29. The van der Waals surface area contributed by atoms with Gasteiger partial charge in [0, 0.05) is 11.5 Å². The summed E-state index contributed by atoms with van der Waals surface area (Å²) in [7, 11) is 0. The normalized spacial score (nSPS) is 16.7. The molecule has 1 saturated carbocycles. The van der Waals surface area contributed by atoms with Crippen molar-refractivity contribution in [2.45, 2.75) is 65.6 Å². The van der Waals surface area contributed by atoms with Gasteiger partial charge in [0.25, 0.3) is 5.91 Å². The molecule has 3 N–H and O–H groups in total. The Morgan fingerprint density at radius 3 is 2.13 bits per heavy atom. The lowest BCUT2D eigenvalue weighted by atomic mass is 9.95. The van der Waals surface area contributed by atoms with Gasteiger partial charge in [-0.05, 0) is 26.7 Å². The quantitative estimate of drug-likeness (QED) is 0.635. The zero-order chi connectivity index (χ0) is 17.8. The minimum Gasteiger partial charge on any atom is -0.451 e. The van der Waals surface area contributed by atoms with E-state index in [1.54, 1.807) is 20.8 Å². The maximum absolute atomic E-state index is 11.9. The second-order valence-corrected chi connectivity index (χ2v) is 6.76. The zero-order valence-corrected chi connectivity index (χ0v) is 14.2. The first-order valence-electron chi connectivity index (χ1n) is 7.63. The molecule has 0 unspecified atom stereocenters. The number of urea groups is 1. The van der Waals surface area contributed by atoms with Crippen molar-refractivity contribution in [3.05, 3.63) is 0 Å². The molecule has 0 saturated heterocycles. The monoisotopic (exact) mass is 327 g/mol. The molecule has 8 heteroatoms. The van der Waals surface area contributed by atoms with Crippen LogP contribution in [0, 0.1) is 5.41 Å². The summed E-state index contributed by atoms with van der Waals surface area (Å²) in [6, 6.07) is -1.37. The number of esters is 1. The summed E-state index contributed by atoms with van der Waals surface area (Å²) in [5.74, 6) is -1.76. The van der Waals surface area contributed by atoms with Gasteiger partial charge < -0.3 is 15.4 Å². The van der Waals surface area contributed by atoms with Gasteiger partial charge in [0.2, 0.25) is 5.91 Å². The van der Waals surface area contributed by atoms with Crippen LogP contribution in [-0.2, 0) is 19.1 Å². The van der Waals surface area contributed by atoms with Crippen LogP contribution in [-0.4, -0.2) is 42.0 Å². The van der Waals surface area contributed by atoms with Crippen LogP contribution in [0.25, 0.3) is 0 Å². The van der Waals surface area contributed by atoms with Crippen LogP contribution in [0.4, 0.5) is 4.79 Å². The molecule has 0 aromatic carbocycles. The molecule has 8 nitrogen and oxygen atoms in total. The van der Waals surface area contributed by atoms with Gasteiger partial charge in [0.05, 0.1) is 0 Å². The summed E-state index contributed by atoms with van der Waals surface area (Å²) < 4.78 is 4.96. The van der Waals surface area contributed by atoms with E-state index in [4.69, 9.17) is 4.74 Å². The average Bonchev–Trinajstić information content (AvgIpc) is 3.20. The van der Waals surface area contributed by atoms with Crippen LogP contribution >= 0.6 is 0 Å². The number of amides is 4. The molecule has 1 fully saturated rings. The van der Waals surface area contributed by atoms with Crippen molar-refractivity contribution in [3.63, 3.8) is 0 Å². The SMILES string of the molecule is C[C@@H](NC(=O)C(C)(C)C)C(=O)O[C@H](C)C(=O)NC(=O)NC1CC1. The number of hydrogen-bond acceptors (Lipinski definition) is 5. The predicted molar refractivity (Wildman–Crippen MR) is 82.3 cm³/mol. The maximum atomic E-state index is 11.9. The van der Waals surface area contributed by atoms with E-state index >= 15 is 0 Å². The predicted octanol–water partition coefficient (Wildman–Crippen LogP) is 0.457. The van der Waals surface area contributed by atoms with E-state index in [1.165, 1.54) is 13.8 Å². The fourth-order valence-electron chi connectivity index (χ4n) is 1.46. The molecule has 1 aliphatic rings. The number of rotatable bonds is 5. The fourth-order valence-corrected chi connectivity index (χ4v) is 1.46. The lowest BCUT2D eigenvalue weighted by Gasteiger charge is -2.22. The van der Waals surface area contributed by atoms with Gasteiger partial charge >= 0.3 is 12.0 Å². The maximum Gasteiger partial charge on any atom is 0.329 e. The second kappa shape index (κ2) is 7.43. The topological polar surface area (TPSA) is 114 Å². The largest absolute Gasteiger partial charge is 0.451 e. The summed E-state index contributed by atoms with van der Waals surface area (Å²) >= 11 is 0. The van der Waals surface area contributed by atoms with Crippen molar-refractivity contribution < 1.29 is 23.9 Å². The molecule has 130 valence electrons. The molecular weight excluding hydrogens is 302 g/mol. The second-order valence-electron chi connectivity index (χ2n) is 6.76. The lowest BCUT2D eigenvalue weighted by Crippen LogP contribution is -2.48. The molecule has 0 heterocycles. The van der Waals surface area contributed by atoms with Crippen molar-refractivity contribution in [1.82, 2.24) is 16.0 Å². The molecule has 0 bridgehead atoms. The van der Waals surface area contributed by atoms with Gasteiger partial charge in [-0.2, -0.15) is 0 Å². The standard InChI is InChI=1S/C15H25N3O5/c1-8(16-13(21)15(3,4)5)12(20)23-9(2)11(19)18-14(22)17-10-6-7-10/h8-10H,6-7H2,1-5H3,(H,16,21)(H2,17,18,19,22)/t8-,9-/m1/s1. The minimum atomic E-state index is -1.14. The van der Waals surface area contributed by atoms with E-state index in [0.717, 1.165) is 12.8 Å².